The summed E-state index contributed by atoms with van der Waals surface area (Å²) in [7, 11) is 1.65. The van der Waals surface area contributed by atoms with Crippen LogP contribution in [0.2, 0.25) is 0 Å². The summed E-state index contributed by atoms with van der Waals surface area (Å²) >= 11 is 0. The third kappa shape index (κ3) is 4.30. The van der Waals surface area contributed by atoms with Crippen molar-refractivity contribution < 1.29 is 19.7 Å². The molecule has 3 rings (SSSR count). The number of carbonyl (C=O) groups is 1. The zero-order valence-electron chi connectivity index (χ0n) is 15.6. The van der Waals surface area contributed by atoms with Crippen LogP contribution in [0.15, 0.2) is 18.2 Å². The second-order valence-electron chi connectivity index (χ2n) is 7.70. The van der Waals surface area contributed by atoms with Crippen molar-refractivity contribution in [2.75, 3.05) is 39.9 Å². The average Bonchev–Trinajstić information content (AvgIpc) is 2.63. The van der Waals surface area contributed by atoms with Crippen molar-refractivity contribution in [2.24, 2.45) is 5.41 Å². The minimum absolute atomic E-state index is 0.125. The van der Waals surface area contributed by atoms with Gasteiger partial charge < -0.3 is 19.8 Å². The Kier molecular flexibility index (Phi) is 6.04. The fourth-order valence-corrected chi connectivity index (χ4v) is 4.48. The minimum atomic E-state index is 0.125. The van der Waals surface area contributed by atoms with Crippen LogP contribution in [0.1, 0.15) is 37.7 Å². The first-order valence-corrected chi connectivity index (χ1v) is 9.52. The van der Waals surface area contributed by atoms with E-state index >= 15 is 0 Å². The van der Waals surface area contributed by atoms with Gasteiger partial charge in [-0.15, -0.1) is 0 Å². The summed E-state index contributed by atoms with van der Waals surface area (Å²) in [6.07, 6.45) is 4.45. The van der Waals surface area contributed by atoms with Crippen molar-refractivity contribution in [1.82, 2.24) is 9.80 Å². The van der Waals surface area contributed by atoms with Crippen LogP contribution in [-0.4, -0.2) is 65.8 Å². The summed E-state index contributed by atoms with van der Waals surface area (Å²) in [6, 6.07) is 5.23. The number of benzene rings is 1. The number of likely N-dealkylation sites (tertiary alicyclic amines) is 2. The number of aliphatic hydroxyl groups excluding tert-OH is 1. The number of ether oxygens (including phenoxy) is 1. The maximum Gasteiger partial charge on any atom is 0.222 e. The highest BCUT2D eigenvalue weighted by Crippen LogP contribution is 2.39. The maximum atomic E-state index is 12.2. The number of amides is 1. The molecule has 1 atom stereocenters. The first kappa shape index (κ1) is 19.0. The normalized spacial score (nSPS) is 24.2. The molecule has 2 saturated heterocycles. The predicted octanol–water partition coefficient (Wildman–Crippen LogP) is 1.99. The molecule has 6 nitrogen and oxygen atoms in total. The van der Waals surface area contributed by atoms with Crippen LogP contribution in [0.3, 0.4) is 0 Å². The second kappa shape index (κ2) is 8.27. The molecule has 0 saturated carbocycles. The van der Waals surface area contributed by atoms with E-state index in [4.69, 9.17) is 9.84 Å². The van der Waals surface area contributed by atoms with Crippen LogP contribution >= 0.6 is 0 Å². The summed E-state index contributed by atoms with van der Waals surface area (Å²) in [6.45, 7) is 4.28. The SMILES string of the molecule is COc1ccc(O)cc1CN1CCC[C@@]2(CCC(=O)N(CCCO)C2)C1. The number of aromatic hydroxyl groups is 1. The van der Waals surface area contributed by atoms with Gasteiger partial charge in [-0.3, -0.25) is 9.69 Å². The molecule has 144 valence electrons. The van der Waals surface area contributed by atoms with Crippen molar-refractivity contribution in [3.8, 4) is 11.5 Å². The number of carbonyl (C=O) groups excluding carboxylic acids is 1. The molecule has 0 aliphatic carbocycles. The molecular weight excluding hydrogens is 332 g/mol. The van der Waals surface area contributed by atoms with Crippen LogP contribution in [-0.2, 0) is 11.3 Å². The number of rotatable bonds is 6. The number of piperidine rings is 2. The van der Waals surface area contributed by atoms with Crippen LogP contribution < -0.4 is 4.74 Å². The summed E-state index contributed by atoms with van der Waals surface area (Å²) in [5.41, 5.74) is 1.14. The molecule has 2 aliphatic rings. The van der Waals surface area contributed by atoms with E-state index in [9.17, 15) is 9.90 Å². The van der Waals surface area contributed by atoms with Gasteiger partial charge in [-0.25, -0.2) is 0 Å². The fourth-order valence-electron chi connectivity index (χ4n) is 4.48. The monoisotopic (exact) mass is 362 g/mol. The molecule has 6 heteroatoms. The number of phenolic OH excluding ortho intramolecular Hbond substituents is 1. The molecule has 2 heterocycles. The first-order valence-electron chi connectivity index (χ1n) is 9.52. The second-order valence-corrected chi connectivity index (χ2v) is 7.70. The Morgan fingerprint density at radius 2 is 2.12 bits per heavy atom. The Bertz CT molecular complexity index is 636. The fraction of sp³-hybridized carbons (Fsp3) is 0.650. The van der Waals surface area contributed by atoms with E-state index in [-0.39, 0.29) is 23.7 Å². The van der Waals surface area contributed by atoms with E-state index in [0.29, 0.717) is 19.4 Å². The quantitative estimate of drug-likeness (QED) is 0.810. The zero-order chi connectivity index (χ0) is 18.6. The van der Waals surface area contributed by atoms with Gasteiger partial charge in [-0.05, 0) is 50.4 Å². The van der Waals surface area contributed by atoms with Crippen LogP contribution in [0.4, 0.5) is 0 Å². The molecule has 0 bridgehead atoms. The van der Waals surface area contributed by atoms with Gasteiger partial charge in [-0.2, -0.15) is 0 Å². The topological polar surface area (TPSA) is 73.2 Å². The average molecular weight is 362 g/mol. The van der Waals surface area contributed by atoms with Gasteiger partial charge in [0.25, 0.3) is 0 Å². The summed E-state index contributed by atoms with van der Waals surface area (Å²) in [4.78, 5) is 16.6. The van der Waals surface area contributed by atoms with Crippen molar-refractivity contribution >= 4 is 5.91 Å². The molecule has 26 heavy (non-hydrogen) atoms. The lowest BCUT2D eigenvalue weighted by Gasteiger charge is -2.48. The van der Waals surface area contributed by atoms with Crippen molar-refractivity contribution in [2.45, 2.75) is 38.6 Å². The molecule has 0 unspecified atom stereocenters. The van der Waals surface area contributed by atoms with Gasteiger partial charge >= 0.3 is 0 Å². The van der Waals surface area contributed by atoms with Gasteiger partial charge in [-0.1, -0.05) is 0 Å². The Balaban J connectivity index is 1.69. The van der Waals surface area contributed by atoms with E-state index < -0.39 is 0 Å². The largest absolute Gasteiger partial charge is 0.508 e. The highest BCUT2D eigenvalue weighted by atomic mass is 16.5. The molecular formula is C20H30N2O4. The number of aliphatic hydroxyl groups is 1. The third-order valence-corrected chi connectivity index (χ3v) is 5.73. The Labute approximate surface area is 155 Å². The minimum Gasteiger partial charge on any atom is -0.508 e. The maximum absolute atomic E-state index is 12.2. The number of nitrogens with zero attached hydrogens (tertiary/aromatic N) is 2. The lowest BCUT2D eigenvalue weighted by Crippen LogP contribution is -2.54. The molecule has 2 aliphatic heterocycles. The van der Waals surface area contributed by atoms with Crippen LogP contribution in [0.5, 0.6) is 11.5 Å². The van der Waals surface area contributed by atoms with Crippen molar-refractivity contribution in [1.29, 1.82) is 0 Å². The van der Waals surface area contributed by atoms with Gasteiger partial charge in [0.15, 0.2) is 0 Å². The molecule has 0 aromatic heterocycles. The van der Waals surface area contributed by atoms with E-state index in [2.05, 4.69) is 4.90 Å². The van der Waals surface area contributed by atoms with E-state index in [1.807, 2.05) is 4.90 Å². The van der Waals surface area contributed by atoms with Gasteiger partial charge in [0.05, 0.1) is 7.11 Å². The number of hydrogen-bond donors (Lipinski definition) is 2. The van der Waals surface area contributed by atoms with Gasteiger partial charge in [0.2, 0.25) is 5.91 Å². The number of phenols is 1. The third-order valence-electron chi connectivity index (χ3n) is 5.73. The highest BCUT2D eigenvalue weighted by Gasteiger charge is 2.41. The van der Waals surface area contributed by atoms with Crippen molar-refractivity contribution in [3.63, 3.8) is 0 Å². The molecule has 1 aromatic carbocycles. The Hall–Kier alpha value is -1.79. The van der Waals surface area contributed by atoms with Crippen molar-refractivity contribution in [3.05, 3.63) is 23.8 Å². The van der Waals surface area contributed by atoms with E-state index in [0.717, 1.165) is 56.8 Å². The number of hydrogen-bond acceptors (Lipinski definition) is 5. The summed E-state index contributed by atoms with van der Waals surface area (Å²) in [5.74, 6) is 1.27. The van der Waals surface area contributed by atoms with E-state index in [1.54, 1.807) is 25.3 Å². The highest BCUT2D eigenvalue weighted by molar-refractivity contribution is 5.77. The standard InChI is InChI=1S/C20H30N2O4/c1-26-18-5-4-17(24)12-16(18)13-21-9-2-7-20(14-21)8-6-19(25)22(15-20)10-3-11-23/h4-5,12,23-24H,2-3,6-11,13-15H2,1H3/t20-/m1/s1. The Morgan fingerprint density at radius 1 is 1.27 bits per heavy atom. The first-order chi connectivity index (χ1) is 12.5. The summed E-state index contributed by atoms with van der Waals surface area (Å²) < 4.78 is 5.44. The predicted molar refractivity (Wildman–Crippen MR) is 99.1 cm³/mol. The Morgan fingerprint density at radius 3 is 2.88 bits per heavy atom. The molecule has 1 spiro atoms. The summed E-state index contributed by atoms with van der Waals surface area (Å²) in [5, 5.41) is 18.9. The van der Waals surface area contributed by atoms with Crippen LogP contribution in [0, 0.1) is 5.41 Å². The lowest BCUT2D eigenvalue weighted by molar-refractivity contribution is -0.139. The molecule has 1 amide bonds. The molecule has 2 fully saturated rings. The lowest BCUT2D eigenvalue weighted by atomic mass is 9.73. The molecule has 0 radical (unpaired) electrons. The zero-order valence-corrected chi connectivity index (χ0v) is 15.6. The number of methoxy groups -OCH3 is 1. The van der Waals surface area contributed by atoms with Gasteiger partial charge in [0.1, 0.15) is 11.5 Å². The van der Waals surface area contributed by atoms with Gasteiger partial charge in [0, 0.05) is 50.2 Å². The molecule has 1 aromatic rings. The smallest absolute Gasteiger partial charge is 0.222 e. The van der Waals surface area contributed by atoms with E-state index in [1.165, 1.54) is 0 Å². The molecule has 2 N–H and O–H groups in total. The van der Waals surface area contributed by atoms with Crippen LogP contribution in [0.25, 0.3) is 0 Å².